The van der Waals surface area contributed by atoms with Crippen LogP contribution >= 0.6 is 12.4 Å². The van der Waals surface area contributed by atoms with Crippen molar-refractivity contribution in [2.45, 2.75) is 18.9 Å². The Morgan fingerprint density at radius 3 is 3.07 bits per heavy atom. The zero-order valence-corrected chi connectivity index (χ0v) is 9.01. The average molecular weight is 215 g/mol. The van der Waals surface area contributed by atoms with Crippen LogP contribution in [-0.4, -0.2) is 18.6 Å². The van der Waals surface area contributed by atoms with Gasteiger partial charge in [-0.15, -0.1) is 12.4 Å². The number of rotatable bonds is 2. The molecule has 0 bridgehead atoms. The Hall–Kier alpha value is -0.800. The van der Waals surface area contributed by atoms with Crippen LogP contribution in [0.15, 0.2) is 18.3 Å². The third-order valence-electron chi connectivity index (χ3n) is 2.41. The summed E-state index contributed by atoms with van der Waals surface area (Å²) >= 11 is 0. The van der Waals surface area contributed by atoms with E-state index < -0.39 is 0 Å². The predicted octanol–water partition coefficient (Wildman–Crippen LogP) is 1.94. The minimum Gasteiger partial charge on any atom is -0.495 e. The molecular formula is C10H15ClN2O. The number of pyridine rings is 1. The molecule has 2 rings (SSSR count). The third-order valence-corrected chi connectivity index (χ3v) is 2.41. The fraction of sp³-hybridized carbons (Fsp3) is 0.500. The molecule has 1 atom stereocenters. The average Bonchev–Trinajstić information content (AvgIpc) is 2.70. The second kappa shape index (κ2) is 5.17. The number of ether oxygens (including phenoxy) is 1. The molecule has 1 aromatic heterocycles. The van der Waals surface area contributed by atoms with Crippen molar-refractivity contribution in [2.75, 3.05) is 13.7 Å². The summed E-state index contributed by atoms with van der Waals surface area (Å²) in [4.78, 5) is 4.34. The van der Waals surface area contributed by atoms with Crippen molar-refractivity contribution in [2.24, 2.45) is 0 Å². The van der Waals surface area contributed by atoms with E-state index in [1.54, 1.807) is 7.11 Å². The minimum atomic E-state index is 0. The number of nitrogens with zero attached hydrogens (tertiary/aromatic N) is 1. The molecule has 14 heavy (non-hydrogen) atoms. The van der Waals surface area contributed by atoms with Gasteiger partial charge in [0.2, 0.25) is 0 Å². The van der Waals surface area contributed by atoms with Gasteiger partial charge in [0.05, 0.1) is 18.8 Å². The summed E-state index contributed by atoms with van der Waals surface area (Å²) in [6.45, 7) is 1.09. The zero-order chi connectivity index (χ0) is 9.10. The van der Waals surface area contributed by atoms with Crippen LogP contribution in [0.3, 0.4) is 0 Å². The molecule has 78 valence electrons. The number of aromatic nitrogens is 1. The Balaban J connectivity index is 0.000000980. The summed E-state index contributed by atoms with van der Waals surface area (Å²) in [5, 5.41) is 3.41. The van der Waals surface area contributed by atoms with E-state index in [1.807, 2.05) is 18.3 Å². The van der Waals surface area contributed by atoms with Crippen LogP contribution < -0.4 is 10.1 Å². The monoisotopic (exact) mass is 214 g/mol. The van der Waals surface area contributed by atoms with E-state index >= 15 is 0 Å². The Bertz CT molecular complexity index is 287. The first-order chi connectivity index (χ1) is 6.42. The van der Waals surface area contributed by atoms with Gasteiger partial charge in [-0.3, -0.25) is 4.98 Å². The van der Waals surface area contributed by atoms with Gasteiger partial charge in [-0.05, 0) is 31.5 Å². The second-order valence-corrected chi connectivity index (χ2v) is 3.24. The largest absolute Gasteiger partial charge is 0.495 e. The smallest absolute Gasteiger partial charge is 0.141 e. The molecule has 1 saturated heterocycles. The van der Waals surface area contributed by atoms with Crippen LogP contribution in [0.2, 0.25) is 0 Å². The lowest BCUT2D eigenvalue weighted by Gasteiger charge is -2.12. The molecule has 1 fully saturated rings. The molecule has 1 N–H and O–H groups in total. The zero-order valence-electron chi connectivity index (χ0n) is 8.19. The number of methoxy groups -OCH3 is 1. The molecule has 1 unspecified atom stereocenters. The molecular weight excluding hydrogens is 200 g/mol. The summed E-state index contributed by atoms with van der Waals surface area (Å²) in [5.74, 6) is 0.891. The van der Waals surface area contributed by atoms with Gasteiger partial charge < -0.3 is 10.1 Å². The second-order valence-electron chi connectivity index (χ2n) is 3.24. The van der Waals surface area contributed by atoms with E-state index in [0.717, 1.165) is 24.4 Å². The predicted molar refractivity (Wildman–Crippen MR) is 58.0 cm³/mol. The van der Waals surface area contributed by atoms with Crippen molar-refractivity contribution >= 4 is 12.4 Å². The van der Waals surface area contributed by atoms with Gasteiger partial charge in [0, 0.05) is 6.20 Å². The Morgan fingerprint density at radius 2 is 2.43 bits per heavy atom. The highest BCUT2D eigenvalue weighted by Gasteiger charge is 2.20. The van der Waals surface area contributed by atoms with Crippen molar-refractivity contribution < 1.29 is 4.74 Å². The van der Waals surface area contributed by atoms with E-state index in [1.165, 1.54) is 6.42 Å². The fourth-order valence-electron chi connectivity index (χ4n) is 1.76. The van der Waals surface area contributed by atoms with Gasteiger partial charge in [-0.2, -0.15) is 0 Å². The van der Waals surface area contributed by atoms with Crippen molar-refractivity contribution in [1.29, 1.82) is 0 Å². The molecule has 1 aliphatic rings. The maximum absolute atomic E-state index is 5.26. The number of halogens is 1. The molecule has 1 aromatic rings. The molecule has 0 spiro atoms. The van der Waals surface area contributed by atoms with Gasteiger partial charge in [0.15, 0.2) is 0 Å². The molecule has 0 saturated carbocycles. The van der Waals surface area contributed by atoms with Gasteiger partial charge in [-0.25, -0.2) is 0 Å². The standard InChI is InChI=1S/C10H14N2O.ClH/c1-13-9-5-3-7-12-10(9)8-4-2-6-11-8;/h3,5,7-8,11H,2,4,6H2,1H3;1H. The number of hydrogen-bond acceptors (Lipinski definition) is 3. The lowest BCUT2D eigenvalue weighted by molar-refractivity contribution is 0.399. The van der Waals surface area contributed by atoms with Crippen LogP contribution in [0.25, 0.3) is 0 Å². The van der Waals surface area contributed by atoms with Gasteiger partial charge in [-0.1, -0.05) is 0 Å². The van der Waals surface area contributed by atoms with Crippen molar-refractivity contribution in [3.8, 4) is 5.75 Å². The topological polar surface area (TPSA) is 34.1 Å². The number of nitrogens with one attached hydrogen (secondary N) is 1. The maximum atomic E-state index is 5.26. The highest BCUT2D eigenvalue weighted by molar-refractivity contribution is 5.85. The fourth-order valence-corrected chi connectivity index (χ4v) is 1.76. The van der Waals surface area contributed by atoms with E-state index in [0.29, 0.717) is 6.04 Å². The highest BCUT2D eigenvalue weighted by atomic mass is 35.5. The van der Waals surface area contributed by atoms with Gasteiger partial charge >= 0.3 is 0 Å². The Morgan fingerprint density at radius 1 is 1.57 bits per heavy atom. The van der Waals surface area contributed by atoms with Gasteiger partial charge in [0.25, 0.3) is 0 Å². The molecule has 2 heterocycles. The molecule has 1 aliphatic heterocycles. The Kier molecular flexibility index (Phi) is 4.17. The highest BCUT2D eigenvalue weighted by Crippen LogP contribution is 2.28. The van der Waals surface area contributed by atoms with Crippen LogP contribution in [-0.2, 0) is 0 Å². The van der Waals surface area contributed by atoms with E-state index in [2.05, 4.69) is 10.3 Å². The summed E-state index contributed by atoms with van der Waals surface area (Å²) < 4.78 is 5.26. The van der Waals surface area contributed by atoms with Crippen LogP contribution in [0.4, 0.5) is 0 Å². The third kappa shape index (κ3) is 2.16. The molecule has 0 amide bonds. The van der Waals surface area contributed by atoms with E-state index in [-0.39, 0.29) is 12.4 Å². The minimum absolute atomic E-state index is 0. The Labute approximate surface area is 90.3 Å². The lowest BCUT2D eigenvalue weighted by Crippen LogP contribution is -2.15. The van der Waals surface area contributed by atoms with Gasteiger partial charge in [0.1, 0.15) is 5.75 Å². The SMILES string of the molecule is COc1cccnc1C1CCCN1.Cl. The van der Waals surface area contributed by atoms with Crippen molar-refractivity contribution in [3.05, 3.63) is 24.0 Å². The molecule has 0 aromatic carbocycles. The molecule has 0 radical (unpaired) electrons. The summed E-state index contributed by atoms with van der Waals surface area (Å²) in [6.07, 6.45) is 4.20. The first-order valence-electron chi connectivity index (χ1n) is 4.64. The normalized spacial score (nSPS) is 20.2. The summed E-state index contributed by atoms with van der Waals surface area (Å²) in [7, 11) is 1.69. The van der Waals surface area contributed by atoms with Crippen LogP contribution in [0.1, 0.15) is 24.6 Å². The molecule has 4 heteroatoms. The summed E-state index contributed by atoms with van der Waals surface area (Å²) in [5.41, 5.74) is 1.04. The van der Waals surface area contributed by atoms with Crippen LogP contribution in [0.5, 0.6) is 5.75 Å². The molecule has 3 nitrogen and oxygen atoms in total. The van der Waals surface area contributed by atoms with E-state index in [9.17, 15) is 0 Å². The lowest BCUT2D eigenvalue weighted by atomic mass is 10.1. The summed E-state index contributed by atoms with van der Waals surface area (Å²) in [6, 6.07) is 4.25. The van der Waals surface area contributed by atoms with Crippen molar-refractivity contribution in [3.63, 3.8) is 0 Å². The van der Waals surface area contributed by atoms with E-state index in [4.69, 9.17) is 4.74 Å². The number of hydrogen-bond donors (Lipinski definition) is 1. The van der Waals surface area contributed by atoms with Crippen molar-refractivity contribution in [1.82, 2.24) is 10.3 Å². The molecule has 0 aliphatic carbocycles. The maximum Gasteiger partial charge on any atom is 0.141 e. The first kappa shape index (κ1) is 11.3. The quantitative estimate of drug-likeness (QED) is 0.817. The van der Waals surface area contributed by atoms with Crippen LogP contribution in [0, 0.1) is 0 Å². The first-order valence-corrected chi connectivity index (χ1v) is 4.64.